The molecular weight excluding hydrogens is 256 g/mol. The van der Waals surface area contributed by atoms with E-state index in [-0.39, 0.29) is 0 Å². The number of halogens is 1. The molecule has 17 heavy (non-hydrogen) atoms. The Balaban J connectivity index is 1.92. The van der Waals surface area contributed by atoms with E-state index >= 15 is 0 Å². The molecule has 0 aliphatic heterocycles. The Hall–Kier alpha value is -1.52. The molecule has 1 N–H and O–H groups in total. The van der Waals surface area contributed by atoms with Crippen LogP contribution in [0.25, 0.3) is 11.0 Å². The van der Waals surface area contributed by atoms with Gasteiger partial charge in [-0.05, 0) is 17.7 Å². The molecule has 0 bridgehead atoms. The first-order valence-corrected chi connectivity index (χ1v) is 6.39. The van der Waals surface area contributed by atoms with E-state index in [9.17, 15) is 0 Å². The summed E-state index contributed by atoms with van der Waals surface area (Å²) in [6.07, 6.45) is 1.77. The maximum Gasteiger partial charge on any atom is 0.199 e. The van der Waals surface area contributed by atoms with E-state index in [0.29, 0.717) is 11.8 Å². The molecule has 0 saturated heterocycles. The van der Waals surface area contributed by atoms with Gasteiger partial charge in [-0.15, -0.1) is 11.3 Å². The zero-order valence-electron chi connectivity index (χ0n) is 8.81. The first kappa shape index (κ1) is 10.6. The fourth-order valence-corrected chi connectivity index (χ4v) is 2.49. The molecule has 0 fully saturated rings. The summed E-state index contributed by atoms with van der Waals surface area (Å²) >= 11 is 7.64. The Morgan fingerprint density at radius 1 is 1.35 bits per heavy atom. The quantitative estimate of drug-likeness (QED) is 0.772. The summed E-state index contributed by atoms with van der Waals surface area (Å²) < 4.78 is 5.48. The van der Waals surface area contributed by atoms with Gasteiger partial charge < -0.3 is 9.73 Å². The lowest BCUT2D eigenvalue weighted by Crippen LogP contribution is -1.98. The molecule has 1 aromatic carbocycles. The van der Waals surface area contributed by atoms with Crippen molar-refractivity contribution in [1.82, 2.24) is 4.98 Å². The predicted molar refractivity (Wildman–Crippen MR) is 70.7 cm³/mol. The van der Waals surface area contributed by atoms with Crippen LogP contribution >= 0.6 is 22.9 Å². The summed E-state index contributed by atoms with van der Waals surface area (Å²) in [5.74, 6) is 0. The van der Waals surface area contributed by atoms with Gasteiger partial charge in [-0.25, -0.2) is 4.98 Å². The van der Waals surface area contributed by atoms with Crippen LogP contribution in [-0.2, 0) is 6.54 Å². The highest BCUT2D eigenvalue weighted by Crippen LogP contribution is 2.30. The van der Waals surface area contributed by atoms with Gasteiger partial charge in [0, 0.05) is 29.1 Å². The molecule has 0 aliphatic carbocycles. The minimum Gasteiger partial charge on any atom is -0.444 e. The second kappa shape index (κ2) is 4.39. The largest absolute Gasteiger partial charge is 0.444 e. The van der Waals surface area contributed by atoms with Gasteiger partial charge in [-0.2, -0.15) is 0 Å². The van der Waals surface area contributed by atoms with Gasteiger partial charge in [0.25, 0.3) is 0 Å². The lowest BCUT2D eigenvalue weighted by molar-refractivity contribution is 0.613. The summed E-state index contributed by atoms with van der Waals surface area (Å²) in [7, 11) is 0. The van der Waals surface area contributed by atoms with E-state index in [0.717, 1.165) is 21.7 Å². The number of para-hydroxylation sites is 1. The monoisotopic (exact) mass is 264 g/mol. The van der Waals surface area contributed by atoms with Gasteiger partial charge >= 0.3 is 0 Å². The number of hydrogen-bond acceptors (Lipinski definition) is 4. The van der Waals surface area contributed by atoms with Crippen LogP contribution in [-0.4, -0.2) is 4.98 Å². The number of nitrogens with one attached hydrogen (secondary N) is 1. The fraction of sp³-hybridized carbons (Fsp3) is 0.0833. The van der Waals surface area contributed by atoms with Crippen molar-refractivity contribution in [2.24, 2.45) is 0 Å². The van der Waals surface area contributed by atoms with Gasteiger partial charge in [0.1, 0.15) is 5.58 Å². The Labute approximate surface area is 107 Å². The zero-order chi connectivity index (χ0) is 11.7. The number of benzene rings is 1. The topological polar surface area (TPSA) is 38.1 Å². The maximum atomic E-state index is 6.08. The molecule has 3 rings (SSSR count). The fourth-order valence-electron chi connectivity index (χ4n) is 1.71. The van der Waals surface area contributed by atoms with Crippen LogP contribution in [0.2, 0.25) is 5.22 Å². The van der Waals surface area contributed by atoms with Crippen LogP contribution in [0.1, 0.15) is 5.56 Å². The van der Waals surface area contributed by atoms with Gasteiger partial charge in [0.05, 0.1) is 0 Å². The number of fused-ring (bicyclic) bond motifs is 1. The molecule has 2 heterocycles. The number of anilines is 1. The standard InChI is InChI=1S/C12H9ClN2OS/c13-11-9(7-15-12-14-5-6-17-12)8-3-1-2-4-10(8)16-11/h1-6H,7H2,(H,14,15). The van der Waals surface area contributed by atoms with Crippen molar-refractivity contribution in [3.8, 4) is 0 Å². The summed E-state index contributed by atoms with van der Waals surface area (Å²) in [4.78, 5) is 4.16. The van der Waals surface area contributed by atoms with Crippen molar-refractivity contribution in [3.05, 3.63) is 46.6 Å². The minimum absolute atomic E-state index is 0.440. The molecule has 0 amide bonds. The highest BCUT2D eigenvalue weighted by molar-refractivity contribution is 7.13. The summed E-state index contributed by atoms with van der Waals surface area (Å²) in [5.41, 5.74) is 1.78. The van der Waals surface area contributed by atoms with Gasteiger partial charge in [-0.3, -0.25) is 0 Å². The van der Waals surface area contributed by atoms with Crippen LogP contribution in [0.5, 0.6) is 0 Å². The Bertz CT molecular complexity index is 633. The number of nitrogens with zero attached hydrogens (tertiary/aromatic N) is 1. The third kappa shape index (κ3) is 2.01. The highest BCUT2D eigenvalue weighted by atomic mass is 35.5. The Morgan fingerprint density at radius 3 is 3.06 bits per heavy atom. The number of furan rings is 1. The van der Waals surface area contributed by atoms with E-state index in [2.05, 4.69) is 10.3 Å². The first-order chi connectivity index (χ1) is 8.34. The Kier molecular flexibility index (Phi) is 2.74. The van der Waals surface area contributed by atoms with Crippen LogP contribution in [0.4, 0.5) is 5.13 Å². The van der Waals surface area contributed by atoms with Crippen LogP contribution in [0.15, 0.2) is 40.3 Å². The van der Waals surface area contributed by atoms with Crippen molar-refractivity contribution >= 4 is 39.0 Å². The summed E-state index contributed by atoms with van der Waals surface area (Å²) in [6, 6.07) is 7.82. The van der Waals surface area contributed by atoms with Gasteiger partial charge in [-0.1, -0.05) is 18.2 Å². The number of aromatic nitrogens is 1. The van der Waals surface area contributed by atoms with Crippen molar-refractivity contribution in [2.45, 2.75) is 6.54 Å². The van der Waals surface area contributed by atoms with E-state index < -0.39 is 0 Å². The molecular formula is C12H9ClN2OS. The molecule has 86 valence electrons. The van der Waals surface area contributed by atoms with Crippen LogP contribution in [0, 0.1) is 0 Å². The molecule has 0 saturated carbocycles. The smallest absolute Gasteiger partial charge is 0.199 e. The third-order valence-electron chi connectivity index (χ3n) is 2.50. The molecule has 0 atom stereocenters. The lowest BCUT2D eigenvalue weighted by atomic mass is 10.2. The van der Waals surface area contributed by atoms with Crippen molar-refractivity contribution < 1.29 is 4.42 Å². The van der Waals surface area contributed by atoms with E-state index in [4.69, 9.17) is 16.0 Å². The number of hydrogen-bond donors (Lipinski definition) is 1. The van der Waals surface area contributed by atoms with E-state index in [1.807, 2.05) is 29.6 Å². The number of thiazole rings is 1. The second-order valence-electron chi connectivity index (χ2n) is 3.54. The van der Waals surface area contributed by atoms with Crippen LogP contribution in [0.3, 0.4) is 0 Å². The van der Waals surface area contributed by atoms with Gasteiger partial charge in [0.15, 0.2) is 10.4 Å². The van der Waals surface area contributed by atoms with Crippen molar-refractivity contribution in [3.63, 3.8) is 0 Å². The average molecular weight is 265 g/mol. The van der Waals surface area contributed by atoms with Crippen molar-refractivity contribution in [2.75, 3.05) is 5.32 Å². The van der Waals surface area contributed by atoms with Crippen molar-refractivity contribution in [1.29, 1.82) is 0 Å². The summed E-state index contributed by atoms with van der Waals surface area (Å²) in [5, 5.41) is 7.52. The number of rotatable bonds is 3. The van der Waals surface area contributed by atoms with Gasteiger partial charge in [0.2, 0.25) is 0 Å². The normalized spacial score (nSPS) is 10.9. The predicted octanol–water partition coefficient (Wildman–Crippen LogP) is 4.15. The molecule has 3 aromatic rings. The molecule has 2 aromatic heterocycles. The first-order valence-electron chi connectivity index (χ1n) is 5.14. The summed E-state index contributed by atoms with van der Waals surface area (Å²) in [6.45, 7) is 0.614. The highest BCUT2D eigenvalue weighted by Gasteiger charge is 2.11. The maximum absolute atomic E-state index is 6.08. The van der Waals surface area contributed by atoms with E-state index in [1.165, 1.54) is 0 Å². The molecule has 0 unspecified atom stereocenters. The minimum atomic E-state index is 0.440. The Morgan fingerprint density at radius 2 is 2.24 bits per heavy atom. The average Bonchev–Trinajstić information content (AvgIpc) is 2.93. The second-order valence-corrected chi connectivity index (χ2v) is 4.78. The van der Waals surface area contributed by atoms with E-state index in [1.54, 1.807) is 17.5 Å². The van der Waals surface area contributed by atoms with Crippen LogP contribution < -0.4 is 5.32 Å². The lowest BCUT2D eigenvalue weighted by Gasteiger charge is -2.00. The molecule has 0 aliphatic rings. The third-order valence-corrected chi connectivity index (χ3v) is 3.53. The molecule has 5 heteroatoms. The zero-order valence-corrected chi connectivity index (χ0v) is 10.4. The molecule has 3 nitrogen and oxygen atoms in total. The SMILES string of the molecule is Clc1oc2ccccc2c1CNc1nccs1. The molecule has 0 radical (unpaired) electrons. The molecule has 0 spiro atoms.